The van der Waals surface area contributed by atoms with Crippen molar-refractivity contribution in [3.05, 3.63) is 132 Å². The van der Waals surface area contributed by atoms with Crippen LogP contribution in [0, 0.1) is 0 Å². The summed E-state index contributed by atoms with van der Waals surface area (Å²) in [6.45, 7) is 0. The molecule has 0 saturated carbocycles. The Bertz CT molecular complexity index is 1430. The van der Waals surface area contributed by atoms with Crippen LogP contribution in [0.15, 0.2) is 121 Å². The summed E-state index contributed by atoms with van der Waals surface area (Å²) < 4.78 is 10.9. The number of benzene rings is 5. The molecule has 2 N–H and O–H groups in total. The molecule has 186 valence electrons. The molecular formula is C32H22O6. The first-order valence-corrected chi connectivity index (χ1v) is 11.8. The zero-order valence-electron chi connectivity index (χ0n) is 20.1. The molecule has 0 fully saturated rings. The topological polar surface area (TPSA) is 93.1 Å². The van der Waals surface area contributed by atoms with Crippen LogP contribution in [0.5, 0.6) is 23.0 Å². The summed E-state index contributed by atoms with van der Waals surface area (Å²) in [6, 6.07) is 33.8. The van der Waals surface area contributed by atoms with E-state index in [0.29, 0.717) is 22.6 Å². The fourth-order valence-corrected chi connectivity index (χ4v) is 3.81. The molecule has 0 amide bonds. The second kappa shape index (κ2) is 10.7. The molecule has 5 aromatic carbocycles. The summed E-state index contributed by atoms with van der Waals surface area (Å²) in [6.07, 6.45) is 0. The maximum absolute atomic E-state index is 12.5. The molecule has 38 heavy (non-hydrogen) atoms. The lowest BCUT2D eigenvalue weighted by molar-refractivity contribution is 0.0719. The molecule has 0 aliphatic carbocycles. The molecule has 0 spiro atoms. The van der Waals surface area contributed by atoms with Crippen LogP contribution in [-0.2, 0) is 0 Å². The summed E-state index contributed by atoms with van der Waals surface area (Å²) in [4.78, 5) is 25.1. The molecule has 0 atom stereocenters. The first-order valence-electron chi connectivity index (χ1n) is 11.8. The van der Waals surface area contributed by atoms with Gasteiger partial charge in [0.25, 0.3) is 0 Å². The van der Waals surface area contributed by atoms with E-state index in [1.807, 2.05) is 24.3 Å². The van der Waals surface area contributed by atoms with E-state index in [2.05, 4.69) is 0 Å². The van der Waals surface area contributed by atoms with E-state index >= 15 is 0 Å². The van der Waals surface area contributed by atoms with E-state index in [0.717, 1.165) is 22.3 Å². The molecule has 0 unspecified atom stereocenters. The van der Waals surface area contributed by atoms with Crippen molar-refractivity contribution in [3.8, 4) is 45.3 Å². The number of rotatable bonds is 6. The van der Waals surface area contributed by atoms with Crippen LogP contribution in [0.1, 0.15) is 20.7 Å². The van der Waals surface area contributed by atoms with Gasteiger partial charge in [0, 0.05) is 0 Å². The van der Waals surface area contributed by atoms with Crippen molar-refractivity contribution in [2.45, 2.75) is 0 Å². The zero-order valence-corrected chi connectivity index (χ0v) is 20.1. The molecule has 0 radical (unpaired) electrons. The lowest BCUT2D eigenvalue weighted by Crippen LogP contribution is -2.09. The molecule has 0 aromatic heterocycles. The Hall–Kier alpha value is -5.36. The molecular weight excluding hydrogens is 480 g/mol. The highest BCUT2D eigenvalue weighted by Crippen LogP contribution is 2.25. The minimum Gasteiger partial charge on any atom is -0.508 e. The lowest BCUT2D eigenvalue weighted by Gasteiger charge is -2.08. The zero-order chi connectivity index (χ0) is 26.5. The normalized spacial score (nSPS) is 10.5. The maximum atomic E-state index is 12.5. The van der Waals surface area contributed by atoms with E-state index in [1.165, 1.54) is 0 Å². The average molecular weight is 503 g/mol. The van der Waals surface area contributed by atoms with Gasteiger partial charge in [0.15, 0.2) is 0 Å². The van der Waals surface area contributed by atoms with Crippen LogP contribution in [0.3, 0.4) is 0 Å². The Balaban J connectivity index is 1.18. The molecule has 0 saturated heterocycles. The number of aromatic hydroxyl groups is 2. The Morgan fingerprint density at radius 3 is 0.947 bits per heavy atom. The number of hydrogen-bond donors (Lipinski definition) is 2. The summed E-state index contributed by atoms with van der Waals surface area (Å²) in [7, 11) is 0. The van der Waals surface area contributed by atoms with Gasteiger partial charge in [0.1, 0.15) is 23.0 Å². The van der Waals surface area contributed by atoms with Gasteiger partial charge < -0.3 is 19.7 Å². The Morgan fingerprint density at radius 2 is 0.658 bits per heavy atom. The van der Waals surface area contributed by atoms with Gasteiger partial charge in [-0.3, -0.25) is 0 Å². The second-order valence-corrected chi connectivity index (χ2v) is 8.50. The van der Waals surface area contributed by atoms with Gasteiger partial charge >= 0.3 is 11.9 Å². The smallest absolute Gasteiger partial charge is 0.343 e. The Labute approximate surface area is 219 Å². The van der Waals surface area contributed by atoms with Crippen molar-refractivity contribution in [2.24, 2.45) is 0 Å². The van der Waals surface area contributed by atoms with Crippen molar-refractivity contribution in [2.75, 3.05) is 0 Å². The summed E-state index contributed by atoms with van der Waals surface area (Å²) >= 11 is 0. The standard InChI is InChI=1S/C32H22O6/c33-27-13-9-23(10-14-27)21-1-5-25(6-2-21)31(35)37-29-17-19-30(20-18-29)38-32(36)26-7-3-22(4-8-26)24-11-15-28(34)16-12-24/h1-20,33-34H. The number of phenolic OH excluding ortho intramolecular Hbond substituents is 2. The van der Waals surface area contributed by atoms with Gasteiger partial charge in [0.2, 0.25) is 0 Å². The van der Waals surface area contributed by atoms with Gasteiger partial charge in [-0.2, -0.15) is 0 Å². The number of esters is 2. The van der Waals surface area contributed by atoms with Crippen LogP contribution < -0.4 is 9.47 Å². The SMILES string of the molecule is O=C(Oc1ccc(OC(=O)c2ccc(-c3ccc(O)cc3)cc2)cc1)c1ccc(-c2ccc(O)cc2)cc1. The van der Waals surface area contributed by atoms with Gasteiger partial charge in [-0.1, -0.05) is 48.5 Å². The van der Waals surface area contributed by atoms with Gasteiger partial charge in [-0.05, 0) is 95.1 Å². The average Bonchev–Trinajstić information content (AvgIpc) is 2.95. The molecule has 0 aliphatic heterocycles. The highest BCUT2D eigenvalue weighted by Gasteiger charge is 2.12. The third-order valence-corrected chi connectivity index (χ3v) is 5.89. The molecule has 5 rings (SSSR count). The van der Waals surface area contributed by atoms with Gasteiger partial charge in [-0.25, -0.2) is 9.59 Å². The van der Waals surface area contributed by atoms with Crippen molar-refractivity contribution < 1.29 is 29.3 Å². The van der Waals surface area contributed by atoms with Crippen LogP contribution >= 0.6 is 0 Å². The fraction of sp³-hybridized carbons (Fsp3) is 0. The minimum atomic E-state index is -0.513. The quantitative estimate of drug-likeness (QED) is 0.194. The largest absolute Gasteiger partial charge is 0.508 e. The third-order valence-electron chi connectivity index (χ3n) is 5.89. The lowest BCUT2D eigenvalue weighted by atomic mass is 10.0. The monoisotopic (exact) mass is 502 g/mol. The van der Waals surface area contributed by atoms with E-state index in [-0.39, 0.29) is 11.5 Å². The Morgan fingerprint density at radius 1 is 0.395 bits per heavy atom. The second-order valence-electron chi connectivity index (χ2n) is 8.50. The van der Waals surface area contributed by atoms with Crippen molar-refractivity contribution in [1.29, 1.82) is 0 Å². The molecule has 0 heterocycles. The first kappa shape index (κ1) is 24.3. The maximum Gasteiger partial charge on any atom is 0.343 e. The van der Waals surface area contributed by atoms with E-state index in [4.69, 9.17) is 9.47 Å². The van der Waals surface area contributed by atoms with Crippen molar-refractivity contribution in [3.63, 3.8) is 0 Å². The van der Waals surface area contributed by atoms with Crippen LogP contribution in [0.2, 0.25) is 0 Å². The highest BCUT2D eigenvalue weighted by atomic mass is 16.5. The third kappa shape index (κ3) is 5.71. The van der Waals surface area contributed by atoms with E-state index < -0.39 is 11.9 Å². The molecule has 6 nitrogen and oxygen atoms in total. The molecule has 5 aromatic rings. The summed E-state index contributed by atoms with van der Waals surface area (Å²) in [5.41, 5.74) is 4.42. The molecule has 0 bridgehead atoms. The van der Waals surface area contributed by atoms with E-state index in [1.54, 1.807) is 97.1 Å². The van der Waals surface area contributed by atoms with Crippen LogP contribution in [-0.4, -0.2) is 22.2 Å². The molecule has 6 heteroatoms. The minimum absolute atomic E-state index is 0.190. The predicted octanol–water partition coefficient (Wildman–Crippen LogP) is 6.87. The number of ether oxygens (including phenoxy) is 2. The number of phenols is 2. The fourth-order valence-electron chi connectivity index (χ4n) is 3.81. The van der Waals surface area contributed by atoms with Gasteiger partial charge in [0.05, 0.1) is 11.1 Å². The van der Waals surface area contributed by atoms with Crippen molar-refractivity contribution in [1.82, 2.24) is 0 Å². The Kier molecular flexibility index (Phi) is 6.87. The first-order chi connectivity index (χ1) is 18.4. The number of hydrogen-bond acceptors (Lipinski definition) is 6. The van der Waals surface area contributed by atoms with Crippen LogP contribution in [0.4, 0.5) is 0 Å². The number of carbonyl (C=O) groups excluding carboxylic acids is 2. The highest BCUT2D eigenvalue weighted by molar-refractivity contribution is 5.92. The number of carbonyl (C=O) groups is 2. The summed E-state index contributed by atoms with van der Waals surface area (Å²) in [5.74, 6) is -0.0153. The molecule has 0 aliphatic rings. The van der Waals surface area contributed by atoms with Crippen molar-refractivity contribution >= 4 is 11.9 Å². The van der Waals surface area contributed by atoms with E-state index in [9.17, 15) is 19.8 Å². The summed E-state index contributed by atoms with van der Waals surface area (Å²) in [5, 5.41) is 18.9. The van der Waals surface area contributed by atoms with Gasteiger partial charge in [-0.15, -0.1) is 0 Å². The van der Waals surface area contributed by atoms with Crippen LogP contribution in [0.25, 0.3) is 22.3 Å². The predicted molar refractivity (Wildman–Crippen MR) is 143 cm³/mol.